The molecule has 1 aliphatic rings. The molecule has 1 saturated carbocycles. The van der Waals surface area contributed by atoms with Gasteiger partial charge in [0.2, 0.25) is 5.95 Å². The molecule has 5 nitrogen and oxygen atoms in total. The summed E-state index contributed by atoms with van der Waals surface area (Å²) >= 11 is 0. The fourth-order valence-electron chi connectivity index (χ4n) is 2.17. The van der Waals surface area contributed by atoms with E-state index in [1.165, 1.54) is 25.7 Å². The summed E-state index contributed by atoms with van der Waals surface area (Å²) in [6, 6.07) is 0.778. The first kappa shape index (κ1) is 10.3. The Bertz CT molecular complexity index is 315. The van der Waals surface area contributed by atoms with E-state index in [2.05, 4.69) is 10.1 Å². The number of nitrogen functional groups attached to an aromatic ring is 1. The van der Waals surface area contributed by atoms with Crippen LogP contribution in [-0.2, 0) is 0 Å². The molecule has 1 aromatic rings. The van der Waals surface area contributed by atoms with Crippen LogP contribution in [0.15, 0.2) is 0 Å². The van der Waals surface area contributed by atoms with Crippen molar-refractivity contribution >= 4 is 5.95 Å². The van der Waals surface area contributed by atoms with Gasteiger partial charge in [-0.25, -0.2) is 4.68 Å². The van der Waals surface area contributed by atoms with E-state index in [-0.39, 0.29) is 0 Å². The summed E-state index contributed by atoms with van der Waals surface area (Å²) in [5, 5.41) is 4.25. The van der Waals surface area contributed by atoms with Crippen LogP contribution in [0.4, 0.5) is 5.95 Å². The second kappa shape index (κ2) is 4.51. The minimum atomic E-state index is 0.372. The van der Waals surface area contributed by atoms with Gasteiger partial charge in [-0.1, -0.05) is 25.7 Å². The zero-order valence-electron chi connectivity index (χ0n) is 9.15. The molecule has 0 aliphatic heterocycles. The van der Waals surface area contributed by atoms with Gasteiger partial charge in [0.25, 0.3) is 0 Å². The van der Waals surface area contributed by atoms with E-state index in [0.29, 0.717) is 18.0 Å². The molecule has 84 valence electrons. The molecule has 0 saturated heterocycles. The van der Waals surface area contributed by atoms with Gasteiger partial charge in [-0.2, -0.15) is 4.98 Å². The van der Waals surface area contributed by atoms with Gasteiger partial charge in [0.1, 0.15) is 0 Å². The maximum atomic E-state index is 5.81. The van der Waals surface area contributed by atoms with Crippen molar-refractivity contribution in [2.24, 2.45) is 0 Å². The number of anilines is 1. The number of nitrogens with two attached hydrogens (primary N) is 1. The molecular weight excluding hydrogens is 192 g/mol. The highest BCUT2D eigenvalue weighted by Crippen LogP contribution is 2.28. The smallest absolute Gasteiger partial charge is 0.337 e. The summed E-state index contributed by atoms with van der Waals surface area (Å²) < 4.78 is 6.80. The van der Waals surface area contributed by atoms with Gasteiger partial charge in [-0.3, -0.25) is 0 Å². The van der Waals surface area contributed by atoms with Gasteiger partial charge in [-0.05, 0) is 12.8 Å². The second-order valence-electron chi connectivity index (χ2n) is 4.05. The lowest BCUT2D eigenvalue weighted by molar-refractivity contribution is 0.356. The van der Waals surface area contributed by atoms with Gasteiger partial charge in [0.15, 0.2) is 0 Å². The second-order valence-corrected chi connectivity index (χ2v) is 4.05. The van der Waals surface area contributed by atoms with Gasteiger partial charge in [-0.15, -0.1) is 5.10 Å². The average molecular weight is 210 g/mol. The Hall–Kier alpha value is -1.26. The largest absolute Gasteiger partial charge is 0.466 e. The summed E-state index contributed by atoms with van der Waals surface area (Å²) in [7, 11) is 1.56. The van der Waals surface area contributed by atoms with Gasteiger partial charge in [0, 0.05) is 0 Å². The predicted octanol–water partition coefficient (Wildman–Crippen LogP) is 1.76. The summed E-state index contributed by atoms with van der Waals surface area (Å²) in [6.45, 7) is 0. The van der Waals surface area contributed by atoms with Crippen LogP contribution in [0.2, 0.25) is 0 Å². The van der Waals surface area contributed by atoms with Crippen molar-refractivity contribution in [3.05, 3.63) is 0 Å². The van der Waals surface area contributed by atoms with Crippen LogP contribution in [0.5, 0.6) is 6.01 Å². The molecule has 0 aromatic carbocycles. The standard InChI is InChI=1S/C10H18N4O/c1-15-10-12-9(11)14(13-10)8-6-4-2-3-5-7-8/h8H,2-7H2,1H3,(H2,11,12,13). The molecule has 0 atom stereocenters. The third kappa shape index (κ3) is 2.22. The zero-order chi connectivity index (χ0) is 10.7. The SMILES string of the molecule is COc1nc(N)n(C2CCCCCC2)n1. The minimum absolute atomic E-state index is 0.372. The first-order valence-corrected chi connectivity index (χ1v) is 5.57. The van der Waals surface area contributed by atoms with E-state index in [1.54, 1.807) is 7.11 Å². The van der Waals surface area contributed by atoms with Crippen molar-refractivity contribution in [2.45, 2.75) is 44.6 Å². The van der Waals surface area contributed by atoms with E-state index < -0.39 is 0 Å². The van der Waals surface area contributed by atoms with Crippen molar-refractivity contribution in [3.63, 3.8) is 0 Å². The first-order chi connectivity index (χ1) is 7.31. The summed E-state index contributed by atoms with van der Waals surface area (Å²) in [5.74, 6) is 0.471. The Morgan fingerprint density at radius 3 is 2.47 bits per heavy atom. The summed E-state index contributed by atoms with van der Waals surface area (Å²) in [6.07, 6.45) is 7.45. The maximum Gasteiger partial charge on any atom is 0.337 e. The highest BCUT2D eigenvalue weighted by molar-refractivity contribution is 5.19. The lowest BCUT2D eigenvalue weighted by Crippen LogP contribution is -2.12. The van der Waals surface area contributed by atoms with Gasteiger partial charge < -0.3 is 10.5 Å². The van der Waals surface area contributed by atoms with Gasteiger partial charge in [0.05, 0.1) is 13.2 Å². The number of rotatable bonds is 2. The quantitative estimate of drug-likeness (QED) is 0.755. The van der Waals surface area contributed by atoms with E-state index >= 15 is 0 Å². The van der Waals surface area contributed by atoms with Crippen LogP contribution in [0.1, 0.15) is 44.6 Å². The van der Waals surface area contributed by atoms with Crippen LogP contribution in [0.25, 0.3) is 0 Å². The Morgan fingerprint density at radius 1 is 1.27 bits per heavy atom. The molecule has 1 fully saturated rings. The number of ether oxygens (including phenoxy) is 1. The molecule has 1 aromatic heterocycles. The molecule has 0 spiro atoms. The van der Waals surface area contributed by atoms with Crippen LogP contribution in [0, 0.1) is 0 Å². The van der Waals surface area contributed by atoms with E-state index in [0.717, 1.165) is 12.8 Å². The normalized spacial score (nSPS) is 18.7. The molecule has 0 radical (unpaired) electrons. The van der Waals surface area contributed by atoms with E-state index in [1.807, 2.05) is 4.68 Å². The Balaban J connectivity index is 2.15. The summed E-state index contributed by atoms with van der Waals surface area (Å²) in [5.41, 5.74) is 5.81. The van der Waals surface area contributed by atoms with E-state index in [4.69, 9.17) is 10.5 Å². The molecular formula is C10H18N4O. The van der Waals surface area contributed by atoms with Crippen molar-refractivity contribution in [1.82, 2.24) is 14.8 Å². The Labute approximate surface area is 89.6 Å². The number of aromatic nitrogens is 3. The number of hydrogen-bond donors (Lipinski definition) is 1. The van der Waals surface area contributed by atoms with Crippen molar-refractivity contribution in [1.29, 1.82) is 0 Å². The first-order valence-electron chi connectivity index (χ1n) is 5.57. The monoisotopic (exact) mass is 210 g/mol. The zero-order valence-corrected chi connectivity index (χ0v) is 9.15. The van der Waals surface area contributed by atoms with Crippen molar-refractivity contribution < 1.29 is 4.74 Å². The van der Waals surface area contributed by atoms with Gasteiger partial charge >= 0.3 is 6.01 Å². The minimum Gasteiger partial charge on any atom is -0.466 e. The highest BCUT2D eigenvalue weighted by atomic mass is 16.5. The maximum absolute atomic E-state index is 5.81. The van der Waals surface area contributed by atoms with Crippen molar-refractivity contribution in [2.75, 3.05) is 12.8 Å². The third-order valence-electron chi connectivity index (χ3n) is 2.99. The molecule has 0 unspecified atom stereocenters. The Kier molecular flexibility index (Phi) is 3.08. The van der Waals surface area contributed by atoms with Crippen LogP contribution < -0.4 is 10.5 Å². The molecule has 1 heterocycles. The predicted molar refractivity (Wildman–Crippen MR) is 57.7 cm³/mol. The summed E-state index contributed by atoms with van der Waals surface area (Å²) in [4.78, 5) is 4.04. The third-order valence-corrected chi connectivity index (χ3v) is 2.99. The molecule has 0 bridgehead atoms. The average Bonchev–Trinajstić information content (AvgIpc) is 2.48. The molecule has 5 heteroatoms. The molecule has 1 aliphatic carbocycles. The van der Waals surface area contributed by atoms with Crippen LogP contribution in [0.3, 0.4) is 0 Å². The van der Waals surface area contributed by atoms with E-state index in [9.17, 15) is 0 Å². The fourth-order valence-corrected chi connectivity index (χ4v) is 2.17. The van der Waals surface area contributed by atoms with Crippen molar-refractivity contribution in [3.8, 4) is 6.01 Å². The molecule has 2 rings (SSSR count). The molecule has 2 N–H and O–H groups in total. The number of nitrogens with zero attached hydrogens (tertiary/aromatic N) is 3. The Morgan fingerprint density at radius 2 is 1.93 bits per heavy atom. The highest BCUT2D eigenvalue weighted by Gasteiger charge is 2.18. The number of methoxy groups -OCH3 is 1. The lowest BCUT2D eigenvalue weighted by atomic mass is 10.1. The number of hydrogen-bond acceptors (Lipinski definition) is 4. The van der Waals surface area contributed by atoms with Crippen LogP contribution >= 0.6 is 0 Å². The molecule has 15 heavy (non-hydrogen) atoms. The van der Waals surface area contributed by atoms with Crippen LogP contribution in [-0.4, -0.2) is 21.9 Å². The molecule has 0 amide bonds. The lowest BCUT2D eigenvalue weighted by Gasteiger charge is -2.14. The topological polar surface area (TPSA) is 66.0 Å². The fraction of sp³-hybridized carbons (Fsp3) is 0.800.